The number of hydrogen-bond acceptors (Lipinski definition) is 3. The largest absolute Gasteiger partial charge is 0.375 e. The predicted molar refractivity (Wildman–Crippen MR) is 55.2 cm³/mol. The molecular formula is C10H20N2O2. The van der Waals surface area contributed by atoms with Gasteiger partial charge in [-0.3, -0.25) is 4.79 Å². The summed E-state index contributed by atoms with van der Waals surface area (Å²) in [5.41, 5.74) is 0. The highest BCUT2D eigenvalue weighted by atomic mass is 16.5. The van der Waals surface area contributed by atoms with Crippen LogP contribution in [0.3, 0.4) is 0 Å². The number of carbonyl (C=O) groups excluding carboxylic acids is 1. The zero-order chi connectivity index (χ0) is 10.4. The molecule has 0 bridgehead atoms. The van der Waals surface area contributed by atoms with Gasteiger partial charge in [0.15, 0.2) is 0 Å². The molecule has 1 unspecified atom stereocenters. The Kier molecular flexibility index (Phi) is 4.90. The maximum absolute atomic E-state index is 11.7. The minimum Gasteiger partial charge on any atom is -0.375 e. The highest BCUT2D eigenvalue weighted by Gasteiger charge is 2.25. The topological polar surface area (TPSA) is 41.6 Å². The van der Waals surface area contributed by atoms with Crippen LogP contribution >= 0.6 is 0 Å². The minimum atomic E-state index is 0.118. The number of ether oxygens (including phenoxy) is 1. The number of amides is 1. The lowest BCUT2D eigenvalue weighted by atomic mass is 10.0. The number of methoxy groups -OCH3 is 1. The van der Waals surface area contributed by atoms with Crippen molar-refractivity contribution in [1.29, 1.82) is 0 Å². The van der Waals surface area contributed by atoms with E-state index >= 15 is 0 Å². The molecule has 4 heteroatoms. The van der Waals surface area contributed by atoms with Crippen LogP contribution in [-0.4, -0.2) is 50.7 Å². The summed E-state index contributed by atoms with van der Waals surface area (Å²) in [6.07, 6.45) is 3.45. The molecule has 1 heterocycles. The number of nitrogens with one attached hydrogen (secondary N) is 1. The minimum absolute atomic E-state index is 0.118. The van der Waals surface area contributed by atoms with Crippen molar-refractivity contribution in [2.75, 3.05) is 33.9 Å². The second kappa shape index (κ2) is 5.98. The Morgan fingerprint density at radius 1 is 1.57 bits per heavy atom. The van der Waals surface area contributed by atoms with Gasteiger partial charge >= 0.3 is 0 Å². The number of nitrogens with zero attached hydrogens (tertiary/aromatic N) is 1. The van der Waals surface area contributed by atoms with E-state index in [-0.39, 0.29) is 12.5 Å². The first-order chi connectivity index (χ1) is 6.79. The molecule has 1 N–H and O–H groups in total. The number of rotatable bonds is 4. The van der Waals surface area contributed by atoms with Crippen molar-refractivity contribution in [3.05, 3.63) is 0 Å². The van der Waals surface area contributed by atoms with Crippen LogP contribution in [0.2, 0.25) is 0 Å². The predicted octanol–water partition coefficient (Wildman–Crippen LogP) is 0.233. The fourth-order valence-electron chi connectivity index (χ4n) is 1.98. The fraction of sp³-hybridized carbons (Fsp3) is 0.900. The average molecular weight is 200 g/mol. The molecule has 1 fully saturated rings. The normalized spacial score (nSPS) is 22.4. The summed E-state index contributed by atoms with van der Waals surface area (Å²) < 4.78 is 4.87. The molecule has 0 aromatic heterocycles. The Bertz CT molecular complexity index is 183. The number of likely N-dealkylation sites (N-methyl/N-ethyl adjacent to an activating group) is 1. The van der Waals surface area contributed by atoms with Gasteiger partial charge in [-0.2, -0.15) is 0 Å². The summed E-state index contributed by atoms with van der Waals surface area (Å²) >= 11 is 0. The Morgan fingerprint density at radius 3 is 3.00 bits per heavy atom. The molecule has 1 saturated heterocycles. The van der Waals surface area contributed by atoms with Gasteiger partial charge in [0.2, 0.25) is 5.91 Å². The first kappa shape index (κ1) is 11.5. The van der Waals surface area contributed by atoms with E-state index in [9.17, 15) is 4.79 Å². The maximum Gasteiger partial charge on any atom is 0.248 e. The number of hydrogen-bond donors (Lipinski definition) is 1. The Labute approximate surface area is 85.6 Å². The average Bonchev–Trinajstić information content (AvgIpc) is 2.19. The van der Waals surface area contributed by atoms with Crippen LogP contribution in [-0.2, 0) is 9.53 Å². The van der Waals surface area contributed by atoms with E-state index in [1.54, 1.807) is 7.11 Å². The molecule has 0 aromatic rings. The lowest BCUT2D eigenvalue weighted by molar-refractivity contribution is -0.138. The van der Waals surface area contributed by atoms with Crippen LogP contribution in [0.1, 0.15) is 19.3 Å². The van der Waals surface area contributed by atoms with E-state index in [1.165, 1.54) is 6.42 Å². The molecule has 14 heavy (non-hydrogen) atoms. The quantitative estimate of drug-likeness (QED) is 0.706. The summed E-state index contributed by atoms with van der Waals surface area (Å²) in [6, 6.07) is 0.358. The van der Waals surface area contributed by atoms with E-state index in [1.807, 2.05) is 11.9 Å². The summed E-state index contributed by atoms with van der Waals surface area (Å²) in [6.45, 7) is 1.98. The van der Waals surface area contributed by atoms with Gasteiger partial charge < -0.3 is 15.0 Å². The van der Waals surface area contributed by atoms with Gasteiger partial charge in [-0.05, 0) is 26.3 Å². The van der Waals surface area contributed by atoms with Crippen molar-refractivity contribution in [3.8, 4) is 0 Å². The van der Waals surface area contributed by atoms with Gasteiger partial charge in [-0.1, -0.05) is 0 Å². The molecule has 1 rings (SSSR count). The van der Waals surface area contributed by atoms with Gasteiger partial charge in [0.05, 0.1) is 0 Å². The SMILES string of the molecule is CNCC1CCCCN1C(=O)COC. The van der Waals surface area contributed by atoms with Gasteiger partial charge in [0.1, 0.15) is 6.61 Å². The van der Waals surface area contributed by atoms with Gasteiger partial charge in [-0.15, -0.1) is 0 Å². The van der Waals surface area contributed by atoms with Crippen molar-refractivity contribution in [3.63, 3.8) is 0 Å². The maximum atomic E-state index is 11.7. The van der Waals surface area contributed by atoms with E-state index in [0.717, 1.165) is 25.9 Å². The second-order valence-electron chi connectivity index (χ2n) is 3.73. The molecule has 0 radical (unpaired) electrons. The molecule has 0 aromatic carbocycles. The van der Waals surface area contributed by atoms with Crippen LogP contribution in [0.5, 0.6) is 0 Å². The van der Waals surface area contributed by atoms with Crippen molar-refractivity contribution in [2.45, 2.75) is 25.3 Å². The molecule has 1 amide bonds. The van der Waals surface area contributed by atoms with Crippen molar-refractivity contribution in [1.82, 2.24) is 10.2 Å². The van der Waals surface area contributed by atoms with Gasteiger partial charge in [-0.25, -0.2) is 0 Å². The van der Waals surface area contributed by atoms with Crippen LogP contribution in [0.15, 0.2) is 0 Å². The Hall–Kier alpha value is -0.610. The molecular weight excluding hydrogens is 180 g/mol. The van der Waals surface area contributed by atoms with E-state index in [0.29, 0.717) is 6.04 Å². The molecule has 0 aliphatic carbocycles. The highest BCUT2D eigenvalue weighted by Crippen LogP contribution is 2.16. The second-order valence-corrected chi connectivity index (χ2v) is 3.73. The van der Waals surface area contributed by atoms with Crippen molar-refractivity contribution in [2.24, 2.45) is 0 Å². The number of likely N-dealkylation sites (tertiary alicyclic amines) is 1. The first-order valence-electron chi connectivity index (χ1n) is 5.22. The van der Waals surface area contributed by atoms with Gasteiger partial charge in [0, 0.05) is 26.2 Å². The van der Waals surface area contributed by atoms with E-state index < -0.39 is 0 Å². The standard InChI is InChI=1S/C10H20N2O2/c1-11-7-9-5-3-4-6-12(9)10(13)8-14-2/h9,11H,3-8H2,1-2H3. The Morgan fingerprint density at radius 2 is 2.36 bits per heavy atom. The smallest absolute Gasteiger partial charge is 0.248 e. The van der Waals surface area contributed by atoms with Crippen LogP contribution in [0, 0.1) is 0 Å². The summed E-state index contributed by atoms with van der Waals surface area (Å²) in [5, 5.41) is 3.13. The molecule has 0 saturated carbocycles. The monoisotopic (exact) mass is 200 g/mol. The molecule has 82 valence electrons. The fourth-order valence-corrected chi connectivity index (χ4v) is 1.98. The third-order valence-electron chi connectivity index (χ3n) is 2.66. The zero-order valence-electron chi connectivity index (χ0n) is 9.08. The van der Waals surface area contributed by atoms with Crippen molar-refractivity contribution >= 4 is 5.91 Å². The highest BCUT2D eigenvalue weighted by molar-refractivity contribution is 5.77. The first-order valence-corrected chi connectivity index (χ1v) is 5.22. The van der Waals surface area contributed by atoms with Crippen LogP contribution in [0.4, 0.5) is 0 Å². The third kappa shape index (κ3) is 2.96. The summed E-state index contributed by atoms with van der Waals surface area (Å²) in [4.78, 5) is 13.6. The lowest BCUT2D eigenvalue weighted by Crippen LogP contribution is -2.49. The molecule has 0 spiro atoms. The summed E-state index contributed by atoms with van der Waals surface area (Å²) in [7, 11) is 3.49. The van der Waals surface area contributed by atoms with Crippen molar-refractivity contribution < 1.29 is 9.53 Å². The van der Waals surface area contributed by atoms with Crippen LogP contribution < -0.4 is 5.32 Å². The third-order valence-corrected chi connectivity index (χ3v) is 2.66. The number of carbonyl (C=O) groups is 1. The van der Waals surface area contributed by atoms with Gasteiger partial charge in [0.25, 0.3) is 0 Å². The van der Waals surface area contributed by atoms with E-state index in [2.05, 4.69) is 5.32 Å². The Balaban J connectivity index is 2.48. The molecule has 1 atom stereocenters. The molecule has 1 aliphatic heterocycles. The lowest BCUT2D eigenvalue weighted by Gasteiger charge is -2.35. The zero-order valence-corrected chi connectivity index (χ0v) is 9.08. The van der Waals surface area contributed by atoms with Crippen LogP contribution in [0.25, 0.3) is 0 Å². The molecule has 4 nitrogen and oxygen atoms in total. The molecule has 1 aliphatic rings. The number of piperidine rings is 1. The summed E-state index contributed by atoms with van der Waals surface area (Å²) in [5.74, 6) is 0.118. The van der Waals surface area contributed by atoms with E-state index in [4.69, 9.17) is 4.74 Å².